The van der Waals surface area contributed by atoms with Crippen LogP contribution in [0.4, 0.5) is 11.4 Å². The smallest absolute Gasteiger partial charge is 0.274 e. The molecular weight excluding hydrogens is 344 g/mol. The number of nitrogens with zero attached hydrogens (tertiary/aromatic N) is 3. The highest BCUT2D eigenvalue weighted by atomic mass is 16.6. The zero-order valence-electron chi connectivity index (χ0n) is 15.5. The molecule has 2 aliphatic heterocycles. The van der Waals surface area contributed by atoms with Crippen LogP contribution in [0, 0.1) is 0 Å². The molecule has 0 bridgehead atoms. The Morgan fingerprint density at radius 3 is 2.56 bits per heavy atom. The van der Waals surface area contributed by atoms with Crippen LogP contribution in [0.15, 0.2) is 36.5 Å². The molecule has 1 aromatic heterocycles. The second-order valence-corrected chi connectivity index (χ2v) is 6.64. The van der Waals surface area contributed by atoms with E-state index in [1.54, 1.807) is 30.5 Å². The van der Waals surface area contributed by atoms with Crippen molar-refractivity contribution >= 4 is 17.3 Å². The van der Waals surface area contributed by atoms with Gasteiger partial charge in [-0.15, -0.1) is 0 Å². The number of piperazine rings is 1. The standard InChI is InChI=1S/C20H24N4O3/c1-2-23-7-9-24(10-8-23)16-4-5-17(21-14-16)20(25)22-15-3-6-18-19(13-15)27-12-11-26-18/h3-6,13-14H,2,7-12H2,1H3,(H,22,25). The maximum Gasteiger partial charge on any atom is 0.274 e. The summed E-state index contributed by atoms with van der Waals surface area (Å²) in [4.78, 5) is 21.6. The van der Waals surface area contributed by atoms with Crippen molar-refractivity contribution in [3.05, 3.63) is 42.2 Å². The number of pyridine rings is 1. The molecule has 1 aromatic carbocycles. The van der Waals surface area contributed by atoms with Crippen LogP contribution in [0.2, 0.25) is 0 Å². The molecule has 3 heterocycles. The number of anilines is 2. The molecule has 1 saturated heterocycles. The van der Waals surface area contributed by atoms with Crippen LogP contribution in [-0.4, -0.2) is 61.7 Å². The Labute approximate surface area is 158 Å². The summed E-state index contributed by atoms with van der Waals surface area (Å²) < 4.78 is 11.0. The van der Waals surface area contributed by atoms with Crippen LogP contribution in [0.1, 0.15) is 17.4 Å². The minimum absolute atomic E-state index is 0.242. The van der Waals surface area contributed by atoms with E-state index in [2.05, 4.69) is 27.0 Å². The number of hydrogen-bond donors (Lipinski definition) is 1. The van der Waals surface area contributed by atoms with Gasteiger partial charge in [0.25, 0.3) is 5.91 Å². The Hall–Kier alpha value is -2.80. The average Bonchev–Trinajstić information content (AvgIpc) is 2.74. The third-order valence-corrected chi connectivity index (χ3v) is 4.97. The monoisotopic (exact) mass is 368 g/mol. The average molecular weight is 368 g/mol. The molecule has 0 atom stereocenters. The number of aromatic nitrogens is 1. The number of rotatable bonds is 4. The second-order valence-electron chi connectivity index (χ2n) is 6.64. The first-order valence-electron chi connectivity index (χ1n) is 9.37. The normalized spacial score (nSPS) is 16.9. The topological polar surface area (TPSA) is 66.9 Å². The predicted molar refractivity (Wildman–Crippen MR) is 104 cm³/mol. The van der Waals surface area contributed by atoms with Gasteiger partial charge in [0.15, 0.2) is 11.5 Å². The van der Waals surface area contributed by atoms with Gasteiger partial charge in [-0.2, -0.15) is 0 Å². The largest absolute Gasteiger partial charge is 0.486 e. The highest BCUT2D eigenvalue weighted by molar-refractivity contribution is 6.03. The molecule has 7 heteroatoms. The molecule has 0 unspecified atom stereocenters. The van der Waals surface area contributed by atoms with Crippen molar-refractivity contribution in [3.8, 4) is 11.5 Å². The summed E-state index contributed by atoms with van der Waals surface area (Å²) >= 11 is 0. The number of nitrogens with one attached hydrogen (secondary N) is 1. The van der Waals surface area contributed by atoms with E-state index in [4.69, 9.17) is 9.47 Å². The van der Waals surface area contributed by atoms with Crippen molar-refractivity contribution in [2.45, 2.75) is 6.92 Å². The van der Waals surface area contributed by atoms with Crippen LogP contribution in [0.3, 0.4) is 0 Å². The highest BCUT2D eigenvalue weighted by Crippen LogP contribution is 2.32. The molecule has 0 spiro atoms. The van der Waals surface area contributed by atoms with Crippen molar-refractivity contribution < 1.29 is 14.3 Å². The fourth-order valence-corrected chi connectivity index (χ4v) is 3.35. The van der Waals surface area contributed by atoms with Gasteiger partial charge in [0.05, 0.1) is 11.9 Å². The van der Waals surface area contributed by atoms with E-state index in [0.29, 0.717) is 36.1 Å². The van der Waals surface area contributed by atoms with Crippen LogP contribution in [0.25, 0.3) is 0 Å². The molecule has 142 valence electrons. The fraction of sp³-hybridized carbons (Fsp3) is 0.400. The van der Waals surface area contributed by atoms with Crippen molar-refractivity contribution in [1.82, 2.24) is 9.88 Å². The summed E-state index contributed by atoms with van der Waals surface area (Å²) in [6.07, 6.45) is 1.78. The Kier molecular flexibility index (Phi) is 5.11. The fourth-order valence-electron chi connectivity index (χ4n) is 3.35. The van der Waals surface area contributed by atoms with Crippen molar-refractivity contribution in [2.75, 3.05) is 56.2 Å². The lowest BCUT2D eigenvalue weighted by atomic mass is 10.2. The molecule has 0 radical (unpaired) electrons. The molecule has 2 aromatic rings. The number of amides is 1. The van der Waals surface area contributed by atoms with E-state index in [-0.39, 0.29) is 5.91 Å². The van der Waals surface area contributed by atoms with Gasteiger partial charge >= 0.3 is 0 Å². The second kappa shape index (κ2) is 7.84. The summed E-state index contributed by atoms with van der Waals surface area (Å²) in [5.74, 6) is 1.10. The lowest BCUT2D eigenvalue weighted by Gasteiger charge is -2.35. The highest BCUT2D eigenvalue weighted by Gasteiger charge is 2.17. The number of fused-ring (bicyclic) bond motifs is 1. The van der Waals surface area contributed by atoms with Gasteiger partial charge in [0, 0.05) is 37.9 Å². The maximum absolute atomic E-state index is 12.5. The number of ether oxygens (including phenoxy) is 2. The summed E-state index contributed by atoms with van der Waals surface area (Å²) in [6, 6.07) is 9.11. The first kappa shape index (κ1) is 17.6. The Bertz CT molecular complexity index is 801. The molecule has 0 aliphatic carbocycles. The van der Waals surface area contributed by atoms with Crippen LogP contribution in [0.5, 0.6) is 11.5 Å². The number of benzene rings is 1. The SMILES string of the molecule is CCN1CCN(c2ccc(C(=O)Nc3ccc4c(c3)OCCO4)nc2)CC1. The summed E-state index contributed by atoms with van der Waals surface area (Å²) in [5, 5.41) is 2.86. The number of carbonyl (C=O) groups excluding carboxylic acids is 1. The van der Waals surface area contributed by atoms with Crippen molar-refractivity contribution in [3.63, 3.8) is 0 Å². The van der Waals surface area contributed by atoms with Gasteiger partial charge in [-0.3, -0.25) is 4.79 Å². The van der Waals surface area contributed by atoms with E-state index < -0.39 is 0 Å². The van der Waals surface area contributed by atoms with Gasteiger partial charge in [-0.25, -0.2) is 4.98 Å². The predicted octanol–water partition coefficient (Wildman–Crippen LogP) is 2.25. The quantitative estimate of drug-likeness (QED) is 0.893. The lowest BCUT2D eigenvalue weighted by molar-refractivity contribution is 0.102. The van der Waals surface area contributed by atoms with E-state index >= 15 is 0 Å². The third kappa shape index (κ3) is 3.98. The lowest BCUT2D eigenvalue weighted by Crippen LogP contribution is -2.46. The van der Waals surface area contributed by atoms with Crippen LogP contribution >= 0.6 is 0 Å². The van der Waals surface area contributed by atoms with Crippen molar-refractivity contribution in [1.29, 1.82) is 0 Å². The van der Waals surface area contributed by atoms with E-state index in [1.807, 2.05) is 6.07 Å². The van der Waals surface area contributed by atoms with Crippen LogP contribution in [-0.2, 0) is 0 Å². The molecule has 7 nitrogen and oxygen atoms in total. The first-order valence-corrected chi connectivity index (χ1v) is 9.37. The molecule has 1 N–H and O–H groups in total. The van der Waals surface area contributed by atoms with Crippen molar-refractivity contribution in [2.24, 2.45) is 0 Å². The molecular formula is C20H24N4O3. The maximum atomic E-state index is 12.5. The van der Waals surface area contributed by atoms with Gasteiger partial charge in [-0.05, 0) is 30.8 Å². The van der Waals surface area contributed by atoms with E-state index in [1.165, 1.54) is 0 Å². The summed E-state index contributed by atoms with van der Waals surface area (Å²) in [5.41, 5.74) is 2.10. The van der Waals surface area contributed by atoms with E-state index in [9.17, 15) is 4.79 Å². The molecule has 4 rings (SSSR count). The van der Waals surface area contributed by atoms with Gasteiger partial charge in [0.2, 0.25) is 0 Å². The van der Waals surface area contributed by atoms with E-state index in [0.717, 1.165) is 38.4 Å². The minimum atomic E-state index is -0.242. The molecule has 2 aliphatic rings. The third-order valence-electron chi connectivity index (χ3n) is 4.97. The van der Waals surface area contributed by atoms with Gasteiger partial charge < -0.3 is 24.6 Å². The molecule has 1 fully saturated rings. The summed E-state index contributed by atoms with van der Waals surface area (Å²) in [7, 11) is 0. The minimum Gasteiger partial charge on any atom is -0.486 e. The number of carbonyl (C=O) groups is 1. The summed E-state index contributed by atoms with van der Waals surface area (Å²) in [6.45, 7) is 8.42. The molecule has 1 amide bonds. The number of likely N-dealkylation sites (N-methyl/N-ethyl adjacent to an activating group) is 1. The Morgan fingerprint density at radius 2 is 1.85 bits per heavy atom. The Morgan fingerprint density at radius 1 is 1.07 bits per heavy atom. The molecule has 27 heavy (non-hydrogen) atoms. The van der Waals surface area contributed by atoms with Gasteiger partial charge in [-0.1, -0.05) is 6.92 Å². The molecule has 0 saturated carbocycles. The zero-order valence-corrected chi connectivity index (χ0v) is 15.5. The number of hydrogen-bond acceptors (Lipinski definition) is 6. The first-order chi connectivity index (χ1) is 13.2. The van der Waals surface area contributed by atoms with Gasteiger partial charge in [0.1, 0.15) is 18.9 Å². The zero-order chi connectivity index (χ0) is 18.6. The Balaban J connectivity index is 1.39. The van der Waals surface area contributed by atoms with Crippen LogP contribution < -0.4 is 19.7 Å².